The summed E-state index contributed by atoms with van der Waals surface area (Å²) in [5.74, 6) is 1.33. The van der Waals surface area contributed by atoms with E-state index in [0.29, 0.717) is 12.0 Å². The minimum Gasteiger partial charge on any atom is -0.383 e. The Balaban J connectivity index is 2.18. The van der Waals surface area contributed by atoms with Crippen LogP contribution in [0.5, 0.6) is 0 Å². The first-order valence-electron chi connectivity index (χ1n) is 6.52. The molecule has 0 amide bonds. The lowest BCUT2D eigenvalue weighted by molar-refractivity contribution is 0.198. The van der Waals surface area contributed by atoms with Crippen LogP contribution < -0.4 is 10.6 Å². The fourth-order valence-electron chi connectivity index (χ4n) is 1.53. The highest BCUT2D eigenvalue weighted by molar-refractivity contribution is 5.08. The lowest BCUT2D eigenvalue weighted by atomic mass is 10.1. The quantitative estimate of drug-likeness (QED) is 0.655. The van der Waals surface area contributed by atoms with Crippen molar-refractivity contribution >= 4 is 0 Å². The van der Waals surface area contributed by atoms with Crippen LogP contribution in [0.25, 0.3) is 0 Å². The van der Waals surface area contributed by atoms with Gasteiger partial charge in [0.2, 0.25) is 0 Å². The van der Waals surface area contributed by atoms with E-state index in [1.165, 1.54) is 0 Å². The lowest BCUT2D eigenvalue weighted by Crippen LogP contribution is -2.37. The number of hydrogen-bond donors (Lipinski definition) is 2. The van der Waals surface area contributed by atoms with Gasteiger partial charge in [-0.3, -0.25) is 0 Å². The monoisotopic (exact) mass is 255 g/mol. The van der Waals surface area contributed by atoms with Gasteiger partial charge in [-0.25, -0.2) is 0 Å². The Labute approximate surface area is 109 Å². The summed E-state index contributed by atoms with van der Waals surface area (Å²) < 4.78 is 10.2. The first-order chi connectivity index (χ1) is 8.63. The zero-order valence-corrected chi connectivity index (χ0v) is 11.8. The van der Waals surface area contributed by atoms with E-state index in [2.05, 4.69) is 36.6 Å². The van der Waals surface area contributed by atoms with Crippen molar-refractivity contribution in [1.82, 2.24) is 15.8 Å². The molecule has 0 spiro atoms. The molecule has 0 fully saturated rings. The topological polar surface area (TPSA) is 59.3 Å². The van der Waals surface area contributed by atoms with Gasteiger partial charge in [0.25, 0.3) is 0 Å². The van der Waals surface area contributed by atoms with Crippen molar-refractivity contribution < 1.29 is 9.26 Å². The van der Waals surface area contributed by atoms with Crippen LogP contribution in [0.4, 0.5) is 0 Å². The van der Waals surface area contributed by atoms with Gasteiger partial charge in [-0.2, -0.15) is 0 Å². The van der Waals surface area contributed by atoms with Gasteiger partial charge in [0, 0.05) is 44.8 Å². The predicted octanol–water partition coefficient (Wildman–Crippen LogP) is 1.51. The summed E-state index contributed by atoms with van der Waals surface area (Å²) >= 11 is 0. The van der Waals surface area contributed by atoms with Crippen molar-refractivity contribution in [3.63, 3.8) is 0 Å². The Morgan fingerprint density at radius 3 is 2.78 bits per heavy atom. The highest BCUT2D eigenvalue weighted by atomic mass is 16.5. The van der Waals surface area contributed by atoms with Crippen LogP contribution in [0.15, 0.2) is 10.6 Å². The van der Waals surface area contributed by atoms with Gasteiger partial charge in [0.1, 0.15) is 5.76 Å². The van der Waals surface area contributed by atoms with Crippen molar-refractivity contribution in [2.75, 3.05) is 26.8 Å². The standard InChI is InChI=1S/C13H25N3O2/c1-10(2)13-7-12(16-18-13)9-15-11(3)8-14-5-6-17-4/h7,10-11,14-15H,5-6,8-9H2,1-4H3. The molecule has 1 aromatic rings. The van der Waals surface area contributed by atoms with E-state index in [1.54, 1.807) is 7.11 Å². The van der Waals surface area contributed by atoms with Crippen LogP contribution in [0.2, 0.25) is 0 Å². The van der Waals surface area contributed by atoms with E-state index in [4.69, 9.17) is 9.26 Å². The first-order valence-corrected chi connectivity index (χ1v) is 6.52. The first kappa shape index (κ1) is 15.1. The van der Waals surface area contributed by atoms with Gasteiger partial charge >= 0.3 is 0 Å². The lowest BCUT2D eigenvalue weighted by Gasteiger charge is -2.13. The molecule has 1 unspecified atom stereocenters. The van der Waals surface area contributed by atoms with E-state index >= 15 is 0 Å². The zero-order valence-electron chi connectivity index (χ0n) is 11.8. The second kappa shape index (κ2) is 8.24. The number of ether oxygens (including phenoxy) is 1. The molecule has 0 saturated heterocycles. The molecule has 0 aliphatic heterocycles. The third-order valence-corrected chi connectivity index (χ3v) is 2.71. The molecule has 5 nitrogen and oxygen atoms in total. The fourth-order valence-corrected chi connectivity index (χ4v) is 1.53. The van der Waals surface area contributed by atoms with E-state index < -0.39 is 0 Å². The van der Waals surface area contributed by atoms with Crippen molar-refractivity contribution in [3.8, 4) is 0 Å². The van der Waals surface area contributed by atoms with Gasteiger partial charge in [0.15, 0.2) is 0 Å². The Hall–Kier alpha value is -0.910. The van der Waals surface area contributed by atoms with E-state index in [0.717, 1.165) is 37.7 Å². The maximum absolute atomic E-state index is 5.25. The van der Waals surface area contributed by atoms with Gasteiger partial charge in [-0.15, -0.1) is 0 Å². The summed E-state index contributed by atoms with van der Waals surface area (Å²) in [5, 5.41) is 10.8. The molecule has 2 N–H and O–H groups in total. The van der Waals surface area contributed by atoms with Crippen LogP contribution in [-0.4, -0.2) is 38.0 Å². The number of methoxy groups -OCH3 is 1. The fraction of sp³-hybridized carbons (Fsp3) is 0.769. The van der Waals surface area contributed by atoms with Crippen molar-refractivity contribution in [2.24, 2.45) is 0 Å². The minimum atomic E-state index is 0.388. The number of rotatable bonds is 9. The molecule has 0 radical (unpaired) electrons. The molecule has 1 heterocycles. The van der Waals surface area contributed by atoms with Gasteiger partial charge < -0.3 is 19.9 Å². The molecule has 1 aromatic heterocycles. The number of nitrogens with zero attached hydrogens (tertiary/aromatic N) is 1. The average molecular weight is 255 g/mol. The smallest absolute Gasteiger partial charge is 0.139 e. The largest absolute Gasteiger partial charge is 0.383 e. The molecule has 0 aromatic carbocycles. The average Bonchev–Trinajstić information content (AvgIpc) is 2.81. The number of nitrogens with one attached hydrogen (secondary N) is 2. The number of hydrogen-bond acceptors (Lipinski definition) is 5. The van der Waals surface area contributed by atoms with Crippen molar-refractivity contribution in [2.45, 2.75) is 39.3 Å². The van der Waals surface area contributed by atoms with Gasteiger partial charge in [-0.1, -0.05) is 19.0 Å². The van der Waals surface area contributed by atoms with E-state index in [9.17, 15) is 0 Å². The summed E-state index contributed by atoms with van der Waals surface area (Å²) in [6.45, 7) is 9.61. The highest BCUT2D eigenvalue weighted by Crippen LogP contribution is 2.14. The van der Waals surface area contributed by atoms with E-state index in [1.807, 2.05) is 6.07 Å². The summed E-state index contributed by atoms with van der Waals surface area (Å²) in [7, 11) is 1.71. The summed E-state index contributed by atoms with van der Waals surface area (Å²) in [5.41, 5.74) is 0.961. The molecule has 5 heteroatoms. The third-order valence-electron chi connectivity index (χ3n) is 2.71. The second-order valence-electron chi connectivity index (χ2n) is 4.85. The van der Waals surface area contributed by atoms with Crippen molar-refractivity contribution in [3.05, 3.63) is 17.5 Å². The summed E-state index contributed by atoms with van der Waals surface area (Å²) in [6, 6.07) is 2.41. The van der Waals surface area contributed by atoms with Crippen LogP contribution in [0, 0.1) is 0 Å². The second-order valence-corrected chi connectivity index (χ2v) is 4.85. The summed E-state index contributed by atoms with van der Waals surface area (Å²) in [6.07, 6.45) is 0. The van der Waals surface area contributed by atoms with Crippen molar-refractivity contribution in [1.29, 1.82) is 0 Å². The van der Waals surface area contributed by atoms with Crippen LogP contribution in [0.1, 0.15) is 38.1 Å². The highest BCUT2D eigenvalue weighted by Gasteiger charge is 2.08. The Morgan fingerprint density at radius 2 is 2.17 bits per heavy atom. The zero-order chi connectivity index (χ0) is 13.4. The molecular weight excluding hydrogens is 230 g/mol. The normalized spacial score (nSPS) is 13.2. The molecule has 104 valence electrons. The van der Waals surface area contributed by atoms with Gasteiger partial charge in [-0.05, 0) is 6.92 Å². The van der Waals surface area contributed by atoms with Crippen LogP contribution >= 0.6 is 0 Å². The molecule has 0 aliphatic carbocycles. The molecule has 0 saturated carbocycles. The molecule has 0 aliphatic rings. The van der Waals surface area contributed by atoms with Crippen LogP contribution in [-0.2, 0) is 11.3 Å². The molecule has 1 rings (SSSR count). The Bertz CT molecular complexity index is 326. The van der Waals surface area contributed by atoms with Crippen LogP contribution in [0.3, 0.4) is 0 Å². The molecular formula is C13H25N3O2. The molecule has 1 atom stereocenters. The maximum Gasteiger partial charge on any atom is 0.139 e. The van der Waals surface area contributed by atoms with Gasteiger partial charge in [0.05, 0.1) is 12.3 Å². The maximum atomic E-state index is 5.25. The SMILES string of the molecule is COCCNCC(C)NCc1cc(C(C)C)on1. The minimum absolute atomic E-state index is 0.388. The number of aromatic nitrogens is 1. The molecule has 0 bridgehead atoms. The Morgan fingerprint density at radius 1 is 1.39 bits per heavy atom. The van der Waals surface area contributed by atoms with E-state index in [-0.39, 0.29) is 0 Å². The summed E-state index contributed by atoms with van der Waals surface area (Å²) in [4.78, 5) is 0. The third kappa shape index (κ3) is 5.62. The molecule has 18 heavy (non-hydrogen) atoms. The predicted molar refractivity (Wildman–Crippen MR) is 71.6 cm³/mol. The Kier molecular flexibility index (Phi) is 6.93.